The fraction of sp³-hybridized carbons (Fsp3) is 0.357. The third kappa shape index (κ3) is 1.69. The molecule has 0 radical (unpaired) electrons. The molecule has 0 saturated carbocycles. The molecule has 2 nitrogen and oxygen atoms in total. The molecule has 1 aromatic heterocycles. The Balaban J connectivity index is 2.73. The van der Waals surface area contributed by atoms with Gasteiger partial charge >= 0.3 is 0 Å². The Morgan fingerprint density at radius 2 is 1.88 bits per heavy atom. The van der Waals surface area contributed by atoms with Gasteiger partial charge in [0.25, 0.3) is 0 Å². The average Bonchev–Trinajstić information content (AvgIpc) is 2.59. The van der Waals surface area contributed by atoms with Gasteiger partial charge in [0.05, 0.1) is 0 Å². The first-order valence-electron chi connectivity index (χ1n) is 5.36. The first-order valence-corrected chi connectivity index (χ1v) is 5.36. The molecule has 1 aromatic carbocycles. The molecule has 0 amide bonds. The molecule has 2 aromatic rings. The molecule has 0 unspecified atom stereocenters. The van der Waals surface area contributed by atoms with Gasteiger partial charge in [-0.25, -0.2) is 0 Å². The van der Waals surface area contributed by atoms with Gasteiger partial charge in [-0.05, 0) is 29.5 Å². The normalized spacial score (nSPS) is 11.7. The highest BCUT2D eigenvalue weighted by molar-refractivity contribution is 5.82. The SMILES string of the molecule is Cc1cc(C(C)(C)C)cc2cc(C#N)oc12. The van der Waals surface area contributed by atoms with E-state index in [1.54, 1.807) is 6.07 Å². The first kappa shape index (κ1) is 10.8. The molecule has 0 saturated heterocycles. The quantitative estimate of drug-likeness (QED) is 0.665. The largest absolute Gasteiger partial charge is 0.445 e. The summed E-state index contributed by atoms with van der Waals surface area (Å²) in [5.41, 5.74) is 3.29. The fourth-order valence-corrected chi connectivity index (χ4v) is 1.82. The van der Waals surface area contributed by atoms with Gasteiger partial charge in [0.1, 0.15) is 11.7 Å². The van der Waals surface area contributed by atoms with Crippen molar-refractivity contribution in [2.24, 2.45) is 0 Å². The van der Waals surface area contributed by atoms with E-state index in [1.165, 1.54) is 5.56 Å². The summed E-state index contributed by atoms with van der Waals surface area (Å²) < 4.78 is 5.45. The van der Waals surface area contributed by atoms with Gasteiger partial charge in [0.2, 0.25) is 5.76 Å². The second-order valence-electron chi connectivity index (χ2n) is 5.18. The van der Waals surface area contributed by atoms with Crippen LogP contribution >= 0.6 is 0 Å². The number of hydrogen-bond acceptors (Lipinski definition) is 2. The van der Waals surface area contributed by atoms with E-state index in [2.05, 4.69) is 32.9 Å². The van der Waals surface area contributed by atoms with Gasteiger partial charge in [-0.2, -0.15) is 5.26 Å². The van der Waals surface area contributed by atoms with Crippen molar-refractivity contribution in [3.8, 4) is 6.07 Å². The molecule has 0 N–H and O–H groups in total. The second kappa shape index (κ2) is 3.38. The minimum absolute atomic E-state index is 0.114. The van der Waals surface area contributed by atoms with Crippen LogP contribution in [0.2, 0.25) is 0 Å². The van der Waals surface area contributed by atoms with E-state index in [0.717, 1.165) is 16.5 Å². The Morgan fingerprint density at radius 1 is 1.19 bits per heavy atom. The van der Waals surface area contributed by atoms with Crippen molar-refractivity contribution >= 4 is 11.0 Å². The number of rotatable bonds is 0. The molecular formula is C14H15NO. The van der Waals surface area contributed by atoms with E-state index >= 15 is 0 Å². The minimum Gasteiger partial charge on any atom is -0.445 e. The third-order valence-electron chi connectivity index (χ3n) is 2.78. The van der Waals surface area contributed by atoms with Crippen molar-refractivity contribution < 1.29 is 4.42 Å². The van der Waals surface area contributed by atoms with Gasteiger partial charge in [0.15, 0.2) is 0 Å². The number of nitriles is 1. The average molecular weight is 213 g/mol. The number of furan rings is 1. The Hall–Kier alpha value is -1.75. The summed E-state index contributed by atoms with van der Waals surface area (Å²) in [5, 5.41) is 9.83. The summed E-state index contributed by atoms with van der Waals surface area (Å²) in [7, 11) is 0. The molecule has 0 aliphatic carbocycles. The summed E-state index contributed by atoms with van der Waals surface area (Å²) in [6.07, 6.45) is 0. The van der Waals surface area contributed by atoms with E-state index in [-0.39, 0.29) is 5.41 Å². The van der Waals surface area contributed by atoms with Crippen LogP contribution in [0.15, 0.2) is 22.6 Å². The molecular weight excluding hydrogens is 198 g/mol. The topological polar surface area (TPSA) is 36.9 Å². The highest BCUT2D eigenvalue weighted by Crippen LogP contribution is 2.30. The summed E-state index contributed by atoms with van der Waals surface area (Å²) >= 11 is 0. The van der Waals surface area contributed by atoms with Gasteiger partial charge in [-0.1, -0.05) is 26.8 Å². The van der Waals surface area contributed by atoms with E-state index < -0.39 is 0 Å². The van der Waals surface area contributed by atoms with E-state index in [9.17, 15) is 0 Å². The number of nitrogens with zero attached hydrogens (tertiary/aromatic N) is 1. The standard InChI is InChI=1S/C14H15NO/c1-9-5-11(14(2,3)4)6-10-7-12(8-15)16-13(9)10/h5-7H,1-4H3. The molecule has 2 heteroatoms. The highest BCUT2D eigenvalue weighted by atomic mass is 16.3. The van der Waals surface area contributed by atoms with Crippen LogP contribution in [-0.4, -0.2) is 0 Å². The zero-order chi connectivity index (χ0) is 11.9. The summed E-state index contributed by atoms with van der Waals surface area (Å²) in [6.45, 7) is 8.55. The van der Waals surface area contributed by atoms with Crippen molar-refractivity contribution in [3.05, 3.63) is 35.1 Å². The lowest BCUT2D eigenvalue weighted by Crippen LogP contribution is -2.10. The lowest BCUT2D eigenvalue weighted by Gasteiger charge is -2.19. The van der Waals surface area contributed by atoms with E-state index in [0.29, 0.717) is 5.76 Å². The number of fused-ring (bicyclic) bond motifs is 1. The molecule has 0 aliphatic rings. The van der Waals surface area contributed by atoms with Crippen LogP contribution in [-0.2, 0) is 5.41 Å². The molecule has 0 bridgehead atoms. The summed E-state index contributed by atoms with van der Waals surface area (Å²) in [4.78, 5) is 0. The van der Waals surface area contributed by atoms with Crippen LogP contribution < -0.4 is 0 Å². The maximum Gasteiger partial charge on any atom is 0.204 e. The smallest absolute Gasteiger partial charge is 0.204 e. The van der Waals surface area contributed by atoms with Crippen LogP contribution in [0.3, 0.4) is 0 Å². The van der Waals surface area contributed by atoms with E-state index in [4.69, 9.17) is 9.68 Å². The first-order chi connectivity index (χ1) is 7.41. The Bertz CT molecular complexity index is 579. The van der Waals surface area contributed by atoms with Crippen LogP contribution in [0, 0.1) is 18.3 Å². The number of hydrogen-bond donors (Lipinski definition) is 0. The van der Waals surface area contributed by atoms with E-state index in [1.807, 2.05) is 13.0 Å². The van der Waals surface area contributed by atoms with Crippen molar-refractivity contribution in [2.45, 2.75) is 33.1 Å². The second-order valence-corrected chi connectivity index (χ2v) is 5.18. The lowest BCUT2D eigenvalue weighted by molar-refractivity contribution is 0.585. The van der Waals surface area contributed by atoms with Gasteiger partial charge in [-0.15, -0.1) is 0 Å². The van der Waals surface area contributed by atoms with Crippen LogP contribution in [0.1, 0.15) is 37.7 Å². The zero-order valence-corrected chi connectivity index (χ0v) is 10.1. The Kier molecular flexibility index (Phi) is 2.27. The van der Waals surface area contributed by atoms with Gasteiger partial charge in [-0.3, -0.25) is 0 Å². The van der Waals surface area contributed by atoms with Crippen molar-refractivity contribution in [3.63, 3.8) is 0 Å². The van der Waals surface area contributed by atoms with Crippen LogP contribution in [0.4, 0.5) is 0 Å². The molecule has 0 spiro atoms. The zero-order valence-electron chi connectivity index (χ0n) is 10.1. The van der Waals surface area contributed by atoms with Gasteiger partial charge < -0.3 is 4.42 Å². The Morgan fingerprint density at radius 3 is 2.44 bits per heavy atom. The van der Waals surface area contributed by atoms with Crippen molar-refractivity contribution in [2.75, 3.05) is 0 Å². The fourth-order valence-electron chi connectivity index (χ4n) is 1.82. The summed E-state index contributed by atoms with van der Waals surface area (Å²) in [5.74, 6) is 0.379. The van der Waals surface area contributed by atoms with Gasteiger partial charge in [0, 0.05) is 11.5 Å². The van der Waals surface area contributed by atoms with Crippen molar-refractivity contribution in [1.82, 2.24) is 0 Å². The predicted octanol–water partition coefficient (Wildman–Crippen LogP) is 3.91. The molecule has 0 fully saturated rings. The lowest BCUT2D eigenvalue weighted by atomic mass is 9.85. The molecule has 1 heterocycles. The molecule has 0 aliphatic heterocycles. The molecule has 0 atom stereocenters. The molecule has 16 heavy (non-hydrogen) atoms. The van der Waals surface area contributed by atoms with Crippen molar-refractivity contribution in [1.29, 1.82) is 5.26 Å². The molecule has 82 valence electrons. The number of aryl methyl sites for hydroxylation is 1. The summed E-state index contributed by atoms with van der Waals surface area (Å²) in [6, 6.07) is 8.07. The van der Waals surface area contributed by atoms with Crippen LogP contribution in [0.25, 0.3) is 11.0 Å². The highest BCUT2D eigenvalue weighted by Gasteiger charge is 2.16. The monoisotopic (exact) mass is 213 g/mol. The minimum atomic E-state index is 0.114. The van der Waals surface area contributed by atoms with Crippen LogP contribution in [0.5, 0.6) is 0 Å². The maximum atomic E-state index is 8.81. The number of benzene rings is 1. The Labute approximate surface area is 95.5 Å². The molecule has 2 rings (SSSR count). The maximum absolute atomic E-state index is 8.81. The predicted molar refractivity (Wildman–Crippen MR) is 64.4 cm³/mol. The third-order valence-corrected chi connectivity index (χ3v) is 2.78.